The average Bonchev–Trinajstić information content (AvgIpc) is 2.59. The van der Waals surface area contributed by atoms with Gasteiger partial charge in [0, 0.05) is 13.0 Å². The van der Waals surface area contributed by atoms with E-state index < -0.39 is 0 Å². The fraction of sp³-hybridized carbons (Fsp3) is 0.381. The predicted octanol–water partition coefficient (Wildman–Crippen LogP) is 4.15. The molecule has 3 rings (SSSR count). The van der Waals surface area contributed by atoms with E-state index in [4.69, 9.17) is 0 Å². The van der Waals surface area contributed by atoms with E-state index in [0.29, 0.717) is 5.92 Å². The summed E-state index contributed by atoms with van der Waals surface area (Å²) in [5.74, 6) is 0.802. The summed E-state index contributed by atoms with van der Waals surface area (Å²) in [6.07, 6.45) is 0. The monoisotopic (exact) mass is 358 g/mol. The van der Waals surface area contributed by atoms with Gasteiger partial charge in [-0.2, -0.15) is 0 Å². The standard InChI is InChI=1S/C21H26N2O.ClH/c1-15(20-13-22-14-20)21(24)23(3)16(2)17-9-11-19(12-10-17)18-7-5-4-6-8-18;/h4-12,15-16,20,22H,13-14H2,1-3H3;1H. The minimum absolute atomic E-state index is 0. The molecule has 1 aliphatic rings. The third-order valence-corrected chi connectivity index (χ3v) is 5.34. The van der Waals surface area contributed by atoms with E-state index in [1.165, 1.54) is 16.7 Å². The summed E-state index contributed by atoms with van der Waals surface area (Å²) in [5, 5.41) is 3.25. The van der Waals surface area contributed by atoms with Crippen molar-refractivity contribution < 1.29 is 4.79 Å². The van der Waals surface area contributed by atoms with Gasteiger partial charge in [0.1, 0.15) is 0 Å². The van der Waals surface area contributed by atoms with Crippen molar-refractivity contribution in [3.05, 3.63) is 60.2 Å². The molecule has 4 heteroatoms. The maximum Gasteiger partial charge on any atom is 0.226 e. The van der Waals surface area contributed by atoms with Crippen molar-refractivity contribution in [2.24, 2.45) is 11.8 Å². The summed E-state index contributed by atoms with van der Waals surface area (Å²) in [4.78, 5) is 14.6. The zero-order valence-corrected chi connectivity index (χ0v) is 15.9. The number of benzene rings is 2. The van der Waals surface area contributed by atoms with Crippen molar-refractivity contribution in [1.29, 1.82) is 0 Å². The highest BCUT2D eigenvalue weighted by molar-refractivity contribution is 5.85. The van der Waals surface area contributed by atoms with Crippen molar-refractivity contribution >= 4 is 18.3 Å². The fourth-order valence-electron chi connectivity index (χ4n) is 3.19. The average molecular weight is 359 g/mol. The molecule has 0 aromatic heterocycles. The first-order valence-electron chi connectivity index (χ1n) is 8.70. The third-order valence-electron chi connectivity index (χ3n) is 5.34. The number of halogens is 1. The van der Waals surface area contributed by atoms with Crippen LogP contribution < -0.4 is 5.32 Å². The van der Waals surface area contributed by atoms with Crippen LogP contribution in [0.4, 0.5) is 0 Å². The number of rotatable bonds is 5. The summed E-state index contributed by atoms with van der Waals surface area (Å²) in [5.41, 5.74) is 3.59. The van der Waals surface area contributed by atoms with Gasteiger partial charge in [-0.05, 0) is 42.6 Å². The molecule has 2 aromatic rings. The molecule has 1 saturated heterocycles. The molecule has 2 unspecified atom stereocenters. The molecule has 1 heterocycles. The van der Waals surface area contributed by atoms with Crippen molar-refractivity contribution in [2.75, 3.05) is 20.1 Å². The van der Waals surface area contributed by atoms with Gasteiger partial charge in [0.05, 0.1) is 6.04 Å². The summed E-state index contributed by atoms with van der Waals surface area (Å²) in [6.45, 7) is 6.07. The number of hydrogen-bond acceptors (Lipinski definition) is 2. The number of hydrogen-bond donors (Lipinski definition) is 1. The lowest BCUT2D eigenvalue weighted by atomic mass is 9.87. The van der Waals surface area contributed by atoms with E-state index in [-0.39, 0.29) is 30.3 Å². The zero-order chi connectivity index (χ0) is 17.1. The maximum absolute atomic E-state index is 12.7. The summed E-state index contributed by atoms with van der Waals surface area (Å²) in [7, 11) is 1.92. The van der Waals surface area contributed by atoms with Crippen LogP contribution in [0.5, 0.6) is 0 Å². The Bertz CT molecular complexity index is 683. The van der Waals surface area contributed by atoms with Crippen molar-refractivity contribution in [3.8, 4) is 11.1 Å². The molecule has 1 fully saturated rings. The first-order valence-corrected chi connectivity index (χ1v) is 8.70. The van der Waals surface area contributed by atoms with E-state index in [9.17, 15) is 4.79 Å². The molecule has 0 saturated carbocycles. The molecule has 0 radical (unpaired) electrons. The van der Waals surface area contributed by atoms with Crippen LogP contribution in [0, 0.1) is 11.8 Å². The molecular formula is C21H27ClN2O. The van der Waals surface area contributed by atoms with Gasteiger partial charge in [0.15, 0.2) is 0 Å². The third kappa shape index (κ3) is 4.23. The van der Waals surface area contributed by atoms with Crippen LogP contribution in [0.25, 0.3) is 11.1 Å². The Kier molecular flexibility index (Phi) is 6.63. The maximum atomic E-state index is 12.7. The van der Waals surface area contributed by atoms with Gasteiger partial charge in [-0.25, -0.2) is 0 Å². The molecule has 0 spiro atoms. The zero-order valence-electron chi connectivity index (χ0n) is 15.1. The lowest BCUT2D eigenvalue weighted by Crippen LogP contribution is -2.50. The Balaban J connectivity index is 0.00000225. The largest absolute Gasteiger partial charge is 0.339 e. The Morgan fingerprint density at radius 1 is 1.00 bits per heavy atom. The molecule has 25 heavy (non-hydrogen) atoms. The minimum atomic E-state index is 0. The van der Waals surface area contributed by atoms with E-state index in [1.807, 2.05) is 18.0 Å². The molecule has 0 aliphatic carbocycles. The van der Waals surface area contributed by atoms with Crippen molar-refractivity contribution in [2.45, 2.75) is 19.9 Å². The highest BCUT2D eigenvalue weighted by Crippen LogP contribution is 2.26. The van der Waals surface area contributed by atoms with Gasteiger partial charge < -0.3 is 10.2 Å². The molecule has 1 amide bonds. The van der Waals surface area contributed by atoms with Gasteiger partial charge in [-0.15, -0.1) is 12.4 Å². The van der Waals surface area contributed by atoms with E-state index in [2.05, 4.69) is 67.7 Å². The van der Waals surface area contributed by atoms with Gasteiger partial charge >= 0.3 is 0 Å². The highest BCUT2D eigenvalue weighted by Gasteiger charge is 2.32. The first kappa shape index (κ1) is 19.5. The molecule has 1 N–H and O–H groups in total. The van der Waals surface area contributed by atoms with Crippen molar-refractivity contribution in [1.82, 2.24) is 10.2 Å². The van der Waals surface area contributed by atoms with Crippen LogP contribution in [0.1, 0.15) is 25.5 Å². The molecule has 3 nitrogen and oxygen atoms in total. The normalized spacial score (nSPS) is 16.3. The summed E-state index contributed by atoms with van der Waals surface area (Å²) >= 11 is 0. The smallest absolute Gasteiger partial charge is 0.226 e. The second-order valence-corrected chi connectivity index (χ2v) is 6.82. The van der Waals surface area contributed by atoms with Crippen molar-refractivity contribution in [3.63, 3.8) is 0 Å². The topological polar surface area (TPSA) is 32.3 Å². The second-order valence-electron chi connectivity index (χ2n) is 6.82. The minimum Gasteiger partial charge on any atom is -0.339 e. The highest BCUT2D eigenvalue weighted by atomic mass is 35.5. The van der Waals surface area contributed by atoms with E-state index >= 15 is 0 Å². The lowest BCUT2D eigenvalue weighted by molar-refractivity contribution is -0.138. The van der Waals surface area contributed by atoms with E-state index in [1.54, 1.807) is 0 Å². The van der Waals surface area contributed by atoms with Crippen LogP contribution in [0.2, 0.25) is 0 Å². The molecule has 0 bridgehead atoms. The Morgan fingerprint density at radius 2 is 1.56 bits per heavy atom. The van der Waals surface area contributed by atoms with Gasteiger partial charge in [0.25, 0.3) is 0 Å². The molecule has 2 aromatic carbocycles. The Hall–Kier alpha value is -1.84. The molecule has 134 valence electrons. The quantitative estimate of drug-likeness (QED) is 0.870. The van der Waals surface area contributed by atoms with Crippen LogP contribution in [-0.2, 0) is 4.79 Å². The number of amides is 1. The van der Waals surface area contributed by atoms with Crippen LogP contribution in [0.15, 0.2) is 54.6 Å². The summed E-state index contributed by atoms with van der Waals surface area (Å²) < 4.78 is 0. The van der Waals surface area contributed by atoms with Crippen LogP contribution >= 0.6 is 12.4 Å². The molecular weight excluding hydrogens is 332 g/mol. The Morgan fingerprint density at radius 3 is 2.08 bits per heavy atom. The van der Waals surface area contributed by atoms with E-state index in [0.717, 1.165) is 13.1 Å². The van der Waals surface area contributed by atoms with Crippen LogP contribution in [0.3, 0.4) is 0 Å². The predicted molar refractivity (Wildman–Crippen MR) is 106 cm³/mol. The Labute approximate surface area is 156 Å². The number of nitrogens with zero attached hydrogens (tertiary/aromatic N) is 1. The first-order chi connectivity index (χ1) is 11.6. The second kappa shape index (κ2) is 8.50. The number of nitrogens with one attached hydrogen (secondary N) is 1. The fourth-order valence-corrected chi connectivity index (χ4v) is 3.19. The number of carbonyl (C=O) groups is 1. The number of carbonyl (C=O) groups excluding carboxylic acids is 1. The van der Waals surface area contributed by atoms with Crippen LogP contribution in [-0.4, -0.2) is 30.9 Å². The SMILES string of the molecule is CC(C(=O)N(C)C(C)c1ccc(-c2ccccc2)cc1)C1CNC1.Cl. The van der Waals surface area contributed by atoms with Gasteiger partial charge in [-0.1, -0.05) is 61.5 Å². The van der Waals surface area contributed by atoms with Gasteiger partial charge in [-0.3, -0.25) is 4.79 Å². The molecule has 1 aliphatic heterocycles. The van der Waals surface area contributed by atoms with Gasteiger partial charge in [0.2, 0.25) is 5.91 Å². The molecule has 2 atom stereocenters. The summed E-state index contributed by atoms with van der Waals surface area (Å²) in [6, 6.07) is 19.0. The lowest BCUT2D eigenvalue weighted by Gasteiger charge is -2.35.